The number of rotatable bonds is 1. The number of benzene rings is 1. The monoisotopic (exact) mass is 239 g/mol. The van der Waals surface area contributed by atoms with Gasteiger partial charge in [0.05, 0.1) is 6.61 Å². The number of aromatic nitrogens is 1. The van der Waals surface area contributed by atoms with Crippen molar-refractivity contribution in [3.05, 3.63) is 41.7 Å². The lowest BCUT2D eigenvalue weighted by Crippen LogP contribution is -1.99. The zero-order chi connectivity index (χ0) is 13.0. The van der Waals surface area contributed by atoms with Crippen LogP contribution in [0.25, 0.3) is 10.8 Å². The molecule has 3 heteroatoms. The summed E-state index contributed by atoms with van der Waals surface area (Å²) in [5, 5.41) is 2.13. The van der Waals surface area contributed by atoms with Crippen LogP contribution < -0.4 is 0 Å². The molecule has 3 nitrogen and oxygen atoms in total. The van der Waals surface area contributed by atoms with Crippen LogP contribution in [0.5, 0.6) is 0 Å². The van der Waals surface area contributed by atoms with Crippen molar-refractivity contribution < 1.29 is 9.53 Å². The van der Waals surface area contributed by atoms with Gasteiger partial charge in [0, 0.05) is 17.5 Å². The molecule has 0 atom stereocenters. The third-order valence-electron chi connectivity index (χ3n) is 2.45. The molecule has 0 unspecified atom stereocenters. The first-order valence-electron chi connectivity index (χ1n) is 5.74. The second-order valence-corrected chi connectivity index (χ2v) is 3.89. The molecule has 0 radical (unpaired) electrons. The molecule has 0 N–H and O–H groups in total. The van der Waals surface area contributed by atoms with E-state index in [0.29, 0.717) is 12.3 Å². The number of fused-ring (bicyclic) bond motifs is 1. The number of ether oxygens (including phenoxy) is 1. The SMILES string of the molecule is CCOC(=O)C#Cc1cc2cc(C)ccc2cn1. The van der Waals surface area contributed by atoms with Gasteiger partial charge in [0.25, 0.3) is 0 Å². The van der Waals surface area contributed by atoms with Crippen LogP contribution in [0.1, 0.15) is 18.2 Å². The molecule has 1 aromatic heterocycles. The number of carbonyl (C=O) groups excluding carboxylic acids is 1. The van der Waals surface area contributed by atoms with E-state index in [1.165, 1.54) is 5.56 Å². The third-order valence-corrected chi connectivity index (χ3v) is 2.45. The van der Waals surface area contributed by atoms with Gasteiger partial charge in [-0.15, -0.1) is 0 Å². The van der Waals surface area contributed by atoms with Gasteiger partial charge < -0.3 is 4.74 Å². The Hall–Kier alpha value is -2.34. The van der Waals surface area contributed by atoms with Gasteiger partial charge in [0.2, 0.25) is 0 Å². The Morgan fingerprint density at radius 3 is 2.94 bits per heavy atom. The van der Waals surface area contributed by atoms with Crippen LogP contribution in [0, 0.1) is 18.8 Å². The quantitative estimate of drug-likeness (QED) is 0.567. The Balaban J connectivity index is 2.32. The second-order valence-electron chi connectivity index (χ2n) is 3.89. The molecule has 0 bridgehead atoms. The van der Waals surface area contributed by atoms with E-state index in [1.807, 2.05) is 25.1 Å². The van der Waals surface area contributed by atoms with Crippen molar-refractivity contribution in [2.75, 3.05) is 6.61 Å². The molecule has 2 rings (SSSR count). The van der Waals surface area contributed by atoms with E-state index >= 15 is 0 Å². The van der Waals surface area contributed by atoms with Gasteiger partial charge in [-0.25, -0.2) is 9.78 Å². The van der Waals surface area contributed by atoms with Crippen LogP contribution in [-0.2, 0) is 9.53 Å². The Morgan fingerprint density at radius 1 is 1.33 bits per heavy atom. The van der Waals surface area contributed by atoms with Crippen LogP contribution in [0.2, 0.25) is 0 Å². The summed E-state index contributed by atoms with van der Waals surface area (Å²) in [6, 6.07) is 7.98. The largest absolute Gasteiger partial charge is 0.456 e. The number of hydrogen-bond acceptors (Lipinski definition) is 3. The normalized spacial score (nSPS) is 9.67. The summed E-state index contributed by atoms with van der Waals surface area (Å²) in [4.78, 5) is 15.3. The molecular formula is C15H13NO2. The van der Waals surface area contributed by atoms with Gasteiger partial charge in [-0.3, -0.25) is 0 Å². The van der Waals surface area contributed by atoms with Crippen LogP contribution >= 0.6 is 0 Å². The van der Waals surface area contributed by atoms with E-state index < -0.39 is 5.97 Å². The molecule has 0 saturated carbocycles. The summed E-state index contributed by atoms with van der Waals surface area (Å²) >= 11 is 0. The van der Waals surface area contributed by atoms with E-state index in [2.05, 4.69) is 22.9 Å². The van der Waals surface area contributed by atoms with Crippen LogP contribution in [-0.4, -0.2) is 17.6 Å². The number of nitrogens with zero attached hydrogens (tertiary/aromatic N) is 1. The summed E-state index contributed by atoms with van der Waals surface area (Å²) in [6.45, 7) is 4.11. The van der Waals surface area contributed by atoms with Gasteiger partial charge in [-0.1, -0.05) is 23.8 Å². The first-order valence-corrected chi connectivity index (χ1v) is 5.74. The van der Waals surface area contributed by atoms with Gasteiger partial charge in [-0.2, -0.15) is 0 Å². The Labute approximate surface area is 106 Å². The maximum Gasteiger partial charge on any atom is 0.384 e. The maximum atomic E-state index is 11.1. The molecule has 0 aliphatic rings. The van der Waals surface area contributed by atoms with E-state index in [4.69, 9.17) is 4.74 Å². The number of hydrogen-bond donors (Lipinski definition) is 0. The van der Waals surface area contributed by atoms with Crippen molar-refractivity contribution in [2.24, 2.45) is 0 Å². The van der Waals surface area contributed by atoms with Crippen molar-refractivity contribution in [1.82, 2.24) is 4.98 Å². The van der Waals surface area contributed by atoms with E-state index in [-0.39, 0.29) is 0 Å². The molecule has 0 fully saturated rings. The average molecular weight is 239 g/mol. The van der Waals surface area contributed by atoms with Crippen molar-refractivity contribution >= 4 is 16.7 Å². The Bertz CT molecular complexity index is 650. The van der Waals surface area contributed by atoms with Gasteiger partial charge in [0.15, 0.2) is 0 Å². The minimum atomic E-state index is -0.524. The first kappa shape index (κ1) is 12.1. The van der Waals surface area contributed by atoms with Crippen LogP contribution in [0.15, 0.2) is 30.5 Å². The summed E-state index contributed by atoms with van der Waals surface area (Å²) < 4.78 is 4.73. The minimum absolute atomic E-state index is 0.331. The zero-order valence-electron chi connectivity index (χ0n) is 10.4. The Kier molecular flexibility index (Phi) is 3.59. The molecule has 0 spiro atoms. The highest BCUT2D eigenvalue weighted by atomic mass is 16.5. The number of esters is 1. The number of carbonyl (C=O) groups is 1. The maximum absolute atomic E-state index is 11.1. The molecule has 0 saturated heterocycles. The summed E-state index contributed by atoms with van der Waals surface area (Å²) in [7, 11) is 0. The topological polar surface area (TPSA) is 39.2 Å². The highest BCUT2D eigenvalue weighted by molar-refractivity contribution is 5.89. The van der Waals surface area contributed by atoms with E-state index in [1.54, 1.807) is 13.1 Å². The average Bonchev–Trinajstić information content (AvgIpc) is 2.36. The first-order chi connectivity index (χ1) is 8.69. The lowest BCUT2D eigenvalue weighted by molar-refractivity contribution is -0.136. The molecule has 2 aromatic rings. The molecule has 18 heavy (non-hydrogen) atoms. The van der Waals surface area contributed by atoms with Crippen molar-refractivity contribution in [2.45, 2.75) is 13.8 Å². The van der Waals surface area contributed by atoms with Crippen molar-refractivity contribution in [1.29, 1.82) is 0 Å². The number of pyridine rings is 1. The van der Waals surface area contributed by atoms with Gasteiger partial charge in [-0.05, 0) is 31.2 Å². The molecule has 0 amide bonds. The fourth-order valence-electron chi connectivity index (χ4n) is 1.61. The molecule has 0 aliphatic heterocycles. The lowest BCUT2D eigenvalue weighted by atomic mass is 10.1. The van der Waals surface area contributed by atoms with E-state index in [0.717, 1.165) is 10.8 Å². The third kappa shape index (κ3) is 2.86. The van der Waals surface area contributed by atoms with Gasteiger partial charge in [0.1, 0.15) is 5.69 Å². The highest BCUT2D eigenvalue weighted by Gasteiger charge is 1.97. The van der Waals surface area contributed by atoms with Crippen molar-refractivity contribution in [3.8, 4) is 11.8 Å². The summed E-state index contributed by atoms with van der Waals surface area (Å²) in [5.74, 6) is 4.59. The molecule has 90 valence electrons. The Morgan fingerprint density at radius 2 is 2.17 bits per heavy atom. The highest BCUT2D eigenvalue weighted by Crippen LogP contribution is 2.15. The standard InChI is InChI=1S/C15H13NO2/c1-3-18-15(17)7-6-14-9-13-8-11(2)4-5-12(13)10-16-14/h4-5,8-10H,3H2,1-2H3. The molecule has 1 heterocycles. The number of aryl methyl sites for hydroxylation is 1. The van der Waals surface area contributed by atoms with Crippen LogP contribution in [0.4, 0.5) is 0 Å². The lowest BCUT2D eigenvalue weighted by Gasteiger charge is -1.99. The smallest absolute Gasteiger partial charge is 0.384 e. The zero-order valence-corrected chi connectivity index (χ0v) is 10.4. The molecule has 0 aliphatic carbocycles. The second kappa shape index (κ2) is 5.33. The van der Waals surface area contributed by atoms with Crippen LogP contribution in [0.3, 0.4) is 0 Å². The van der Waals surface area contributed by atoms with E-state index in [9.17, 15) is 4.79 Å². The predicted molar refractivity (Wildman–Crippen MR) is 70.0 cm³/mol. The predicted octanol–water partition coefficient (Wildman–Crippen LogP) is 2.46. The summed E-state index contributed by atoms with van der Waals surface area (Å²) in [5.41, 5.74) is 1.75. The molecule has 1 aromatic carbocycles. The molecular weight excluding hydrogens is 226 g/mol. The summed E-state index contributed by atoms with van der Waals surface area (Å²) in [6.07, 6.45) is 1.75. The van der Waals surface area contributed by atoms with Crippen molar-refractivity contribution in [3.63, 3.8) is 0 Å². The fraction of sp³-hybridized carbons (Fsp3) is 0.200. The van der Waals surface area contributed by atoms with Gasteiger partial charge >= 0.3 is 5.97 Å². The minimum Gasteiger partial charge on any atom is -0.456 e. The fourth-order valence-corrected chi connectivity index (χ4v) is 1.61.